The van der Waals surface area contributed by atoms with Crippen molar-refractivity contribution < 1.29 is 9.53 Å². The van der Waals surface area contributed by atoms with E-state index < -0.39 is 0 Å². The lowest BCUT2D eigenvalue weighted by molar-refractivity contribution is -0.143. The molecule has 102 valence electrons. The average molecular weight is 260 g/mol. The molecule has 1 aromatic carbocycles. The van der Waals surface area contributed by atoms with Crippen molar-refractivity contribution >= 4 is 16.9 Å². The van der Waals surface area contributed by atoms with Gasteiger partial charge in [0.05, 0.1) is 6.54 Å². The molecule has 0 saturated carbocycles. The third-order valence-electron chi connectivity index (χ3n) is 3.02. The van der Waals surface area contributed by atoms with E-state index >= 15 is 0 Å². The largest absolute Gasteiger partial charge is 0.460 e. The first-order valence-corrected chi connectivity index (χ1v) is 6.50. The average Bonchev–Trinajstić information content (AvgIpc) is 2.71. The zero-order chi connectivity index (χ0) is 13.8. The van der Waals surface area contributed by atoms with Gasteiger partial charge in [0.15, 0.2) is 0 Å². The molecule has 0 radical (unpaired) electrons. The van der Waals surface area contributed by atoms with Crippen LogP contribution in [0.15, 0.2) is 30.5 Å². The van der Waals surface area contributed by atoms with Gasteiger partial charge in [0.1, 0.15) is 6.61 Å². The van der Waals surface area contributed by atoms with Crippen LogP contribution in [0, 0.1) is 0 Å². The van der Waals surface area contributed by atoms with E-state index in [4.69, 9.17) is 4.74 Å². The van der Waals surface area contributed by atoms with Crippen molar-refractivity contribution in [2.24, 2.45) is 7.05 Å². The van der Waals surface area contributed by atoms with E-state index in [1.807, 2.05) is 49.9 Å². The van der Waals surface area contributed by atoms with Gasteiger partial charge < -0.3 is 14.6 Å². The molecule has 0 aliphatic rings. The van der Waals surface area contributed by atoms with Crippen molar-refractivity contribution in [1.82, 2.24) is 9.88 Å². The molecule has 4 heteroatoms. The lowest BCUT2D eigenvalue weighted by Crippen LogP contribution is -2.30. The Morgan fingerprint density at radius 3 is 2.84 bits per heavy atom. The molecule has 4 nitrogen and oxygen atoms in total. The summed E-state index contributed by atoms with van der Waals surface area (Å²) in [5, 5.41) is 4.18. The van der Waals surface area contributed by atoms with E-state index in [0.717, 1.165) is 16.5 Å². The normalized spacial score (nSPS) is 11.2. The summed E-state index contributed by atoms with van der Waals surface area (Å²) in [4.78, 5) is 11.6. The molecule has 1 N–H and O–H groups in total. The van der Waals surface area contributed by atoms with E-state index in [2.05, 4.69) is 11.4 Å². The van der Waals surface area contributed by atoms with Gasteiger partial charge in [0.2, 0.25) is 0 Å². The maximum absolute atomic E-state index is 11.6. The van der Waals surface area contributed by atoms with Crippen LogP contribution in [0.1, 0.15) is 19.4 Å². The fourth-order valence-electron chi connectivity index (χ4n) is 2.04. The van der Waals surface area contributed by atoms with Crippen molar-refractivity contribution in [3.05, 3.63) is 36.0 Å². The summed E-state index contributed by atoms with van der Waals surface area (Å²) in [5.41, 5.74) is 2.19. The predicted molar refractivity (Wildman–Crippen MR) is 75.9 cm³/mol. The van der Waals surface area contributed by atoms with Crippen LogP contribution >= 0.6 is 0 Å². The van der Waals surface area contributed by atoms with Gasteiger partial charge in [0, 0.05) is 35.8 Å². The van der Waals surface area contributed by atoms with Crippen LogP contribution in [0.3, 0.4) is 0 Å². The number of nitrogens with zero attached hydrogens (tertiary/aromatic N) is 1. The lowest BCUT2D eigenvalue weighted by atomic mass is 10.2. The van der Waals surface area contributed by atoms with Gasteiger partial charge in [-0.25, -0.2) is 0 Å². The van der Waals surface area contributed by atoms with E-state index in [1.54, 1.807) is 0 Å². The molecule has 19 heavy (non-hydrogen) atoms. The van der Waals surface area contributed by atoms with Gasteiger partial charge in [-0.15, -0.1) is 0 Å². The number of ether oxygens (including phenoxy) is 1. The Hall–Kier alpha value is -1.81. The summed E-state index contributed by atoms with van der Waals surface area (Å²) in [6, 6.07) is 8.38. The molecule has 0 unspecified atom stereocenters. The SMILES string of the molecule is CC(C)NCC(=O)OCc1cn(C)c2ccccc12. The number of aromatic nitrogens is 1. The number of para-hydroxylation sites is 1. The third-order valence-corrected chi connectivity index (χ3v) is 3.02. The molecular weight excluding hydrogens is 240 g/mol. The molecule has 0 fully saturated rings. The maximum atomic E-state index is 11.6. The van der Waals surface area contributed by atoms with Crippen molar-refractivity contribution in [2.75, 3.05) is 6.54 Å². The highest BCUT2D eigenvalue weighted by Crippen LogP contribution is 2.20. The topological polar surface area (TPSA) is 43.3 Å². The van der Waals surface area contributed by atoms with Gasteiger partial charge in [-0.05, 0) is 6.07 Å². The van der Waals surface area contributed by atoms with Crippen molar-refractivity contribution in [3.8, 4) is 0 Å². The fourth-order valence-corrected chi connectivity index (χ4v) is 2.04. The first kappa shape index (κ1) is 13.6. The number of fused-ring (bicyclic) bond motifs is 1. The van der Waals surface area contributed by atoms with Crippen LogP contribution < -0.4 is 5.32 Å². The van der Waals surface area contributed by atoms with Crippen LogP contribution in [-0.2, 0) is 23.2 Å². The number of esters is 1. The van der Waals surface area contributed by atoms with E-state index in [0.29, 0.717) is 6.61 Å². The Morgan fingerprint density at radius 1 is 1.37 bits per heavy atom. The molecule has 2 rings (SSSR count). The predicted octanol–water partition coefficient (Wildman–Crippen LogP) is 2.22. The minimum absolute atomic E-state index is 0.221. The highest BCUT2D eigenvalue weighted by atomic mass is 16.5. The van der Waals surface area contributed by atoms with Crippen LogP contribution in [0.4, 0.5) is 0 Å². The van der Waals surface area contributed by atoms with Crippen LogP contribution in [-0.4, -0.2) is 23.1 Å². The molecule has 2 aromatic rings. The van der Waals surface area contributed by atoms with E-state index in [-0.39, 0.29) is 18.6 Å². The smallest absolute Gasteiger partial charge is 0.320 e. The Balaban J connectivity index is 2.00. The van der Waals surface area contributed by atoms with E-state index in [1.165, 1.54) is 0 Å². The maximum Gasteiger partial charge on any atom is 0.320 e. The highest BCUT2D eigenvalue weighted by molar-refractivity contribution is 5.84. The summed E-state index contributed by atoms with van der Waals surface area (Å²) in [5.74, 6) is -0.221. The summed E-state index contributed by atoms with van der Waals surface area (Å²) >= 11 is 0. The molecule has 0 saturated heterocycles. The van der Waals surface area contributed by atoms with Crippen molar-refractivity contribution in [2.45, 2.75) is 26.5 Å². The zero-order valence-corrected chi connectivity index (χ0v) is 11.6. The van der Waals surface area contributed by atoms with Gasteiger partial charge in [-0.1, -0.05) is 32.0 Å². The van der Waals surface area contributed by atoms with Gasteiger partial charge >= 0.3 is 5.97 Å². The Bertz CT molecular complexity index is 573. The minimum Gasteiger partial charge on any atom is -0.460 e. The molecule has 1 heterocycles. The Morgan fingerprint density at radius 2 is 2.11 bits per heavy atom. The monoisotopic (exact) mass is 260 g/mol. The Kier molecular flexibility index (Phi) is 4.22. The summed E-state index contributed by atoms with van der Waals surface area (Å²) in [7, 11) is 1.99. The lowest BCUT2D eigenvalue weighted by Gasteiger charge is -2.07. The molecule has 0 aliphatic heterocycles. The number of rotatable bonds is 5. The zero-order valence-electron chi connectivity index (χ0n) is 11.6. The second-order valence-corrected chi connectivity index (χ2v) is 4.98. The molecular formula is C15H20N2O2. The molecule has 1 aromatic heterocycles. The van der Waals surface area contributed by atoms with Gasteiger partial charge in [-0.2, -0.15) is 0 Å². The standard InChI is InChI=1S/C15H20N2O2/c1-11(2)16-8-15(18)19-10-12-9-17(3)14-7-5-4-6-13(12)14/h4-7,9,11,16H,8,10H2,1-3H3. The molecule has 0 amide bonds. The highest BCUT2D eigenvalue weighted by Gasteiger charge is 2.09. The first-order chi connectivity index (χ1) is 9.08. The number of aryl methyl sites for hydroxylation is 1. The van der Waals surface area contributed by atoms with Crippen molar-refractivity contribution in [3.63, 3.8) is 0 Å². The van der Waals surface area contributed by atoms with Crippen LogP contribution in [0.2, 0.25) is 0 Å². The summed E-state index contributed by atoms with van der Waals surface area (Å²) in [6.45, 7) is 4.57. The molecule has 0 aliphatic carbocycles. The quantitative estimate of drug-likeness (QED) is 0.838. The van der Waals surface area contributed by atoms with Gasteiger partial charge in [0.25, 0.3) is 0 Å². The molecule has 0 bridgehead atoms. The summed E-state index contributed by atoms with van der Waals surface area (Å²) < 4.78 is 7.33. The minimum atomic E-state index is -0.221. The van der Waals surface area contributed by atoms with E-state index in [9.17, 15) is 4.79 Å². The number of carbonyl (C=O) groups excluding carboxylic acids is 1. The number of carbonyl (C=O) groups is 1. The van der Waals surface area contributed by atoms with Gasteiger partial charge in [-0.3, -0.25) is 4.79 Å². The molecule has 0 atom stereocenters. The number of hydrogen-bond donors (Lipinski definition) is 1. The number of nitrogens with one attached hydrogen (secondary N) is 1. The van der Waals surface area contributed by atoms with Crippen LogP contribution in [0.5, 0.6) is 0 Å². The first-order valence-electron chi connectivity index (χ1n) is 6.50. The number of benzene rings is 1. The summed E-state index contributed by atoms with van der Waals surface area (Å²) in [6.07, 6.45) is 2.01. The second kappa shape index (κ2) is 5.89. The Labute approximate surface area is 113 Å². The van der Waals surface area contributed by atoms with Crippen molar-refractivity contribution in [1.29, 1.82) is 0 Å². The molecule has 0 spiro atoms. The van der Waals surface area contributed by atoms with Crippen LogP contribution in [0.25, 0.3) is 10.9 Å². The third kappa shape index (κ3) is 3.35. The number of hydrogen-bond acceptors (Lipinski definition) is 3. The second-order valence-electron chi connectivity index (χ2n) is 4.98. The fraction of sp³-hybridized carbons (Fsp3) is 0.400.